The van der Waals surface area contributed by atoms with Gasteiger partial charge in [0.25, 0.3) is 0 Å². The number of carbonyl (C=O) groups excluding carboxylic acids is 1. The zero-order chi connectivity index (χ0) is 11.5. The molecule has 0 unspecified atom stereocenters. The van der Waals surface area contributed by atoms with E-state index in [0.717, 1.165) is 0 Å². The normalized spacial score (nSPS) is 15.8. The molecule has 84 valence electrons. The van der Waals surface area contributed by atoms with Crippen LogP contribution < -0.4 is 10.4 Å². The molecule has 1 amide bonds. The molecule has 0 bridgehead atoms. The summed E-state index contributed by atoms with van der Waals surface area (Å²) in [6, 6.07) is 2.86. The Bertz CT molecular complexity index is 435. The Labute approximate surface area is 91.2 Å². The van der Waals surface area contributed by atoms with Crippen molar-refractivity contribution in [3.8, 4) is 0 Å². The van der Waals surface area contributed by atoms with Gasteiger partial charge in [0, 0.05) is 25.2 Å². The molecule has 1 aromatic rings. The van der Waals surface area contributed by atoms with Gasteiger partial charge in [0.15, 0.2) is 0 Å². The van der Waals surface area contributed by atoms with E-state index in [1.54, 1.807) is 0 Å². The lowest BCUT2D eigenvalue weighted by Crippen LogP contribution is -2.47. The highest BCUT2D eigenvalue weighted by atomic mass is 16.6. The summed E-state index contributed by atoms with van der Waals surface area (Å²) in [7, 11) is 0. The summed E-state index contributed by atoms with van der Waals surface area (Å²) >= 11 is 0. The van der Waals surface area contributed by atoms with E-state index in [-0.39, 0.29) is 17.4 Å². The highest BCUT2D eigenvalue weighted by Gasteiger charge is 2.24. The van der Waals surface area contributed by atoms with E-state index in [2.05, 4.69) is 10.4 Å². The number of hydrogen-bond donors (Lipinski definition) is 1. The lowest BCUT2D eigenvalue weighted by atomic mass is 10.2. The molecule has 0 radical (unpaired) electrons. The van der Waals surface area contributed by atoms with Gasteiger partial charge in [0.05, 0.1) is 4.92 Å². The summed E-state index contributed by atoms with van der Waals surface area (Å²) in [6.07, 6.45) is 2.57. The first-order valence-corrected chi connectivity index (χ1v) is 4.85. The predicted molar refractivity (Wildman–Crippen MR) is 55.6 cm³/mol. The Morgan fingerprint density at radius 3 is 3.06 bits per heavy atom. The van der Waals surface area contributed by atoms with Gasteiger partial charge in [-0.15, -0.1) is 0 Å². The monoisotopic (exact) mass is 222 g/mol. The first-order chi connectivity index (χ1) is 7.68. The van der Waals surface area contributed by atoms with Gasteiger partial charge in [-0.3, -0.25) is 25.3 Å². The van der Waals surface area contributed by atoms with Gasteiger partial charge in [0.2, 0.25) is 11.7 Å². The fraction of sp³-hybridized carbons (Fsp3) is 0.333. The Morgan fingerprint density at radius 2 is 2.38 bits per heavy atom. The average Bonchev–Trinajstić information content (AvgIpc) is 2.29. The average molecular weight is 222 g/mol. The van der Waals surface area contributed by atoms with Crippen LogP contribution in [-0.2, 0) is 4.79 Å². The van der Waals surface area contributed by atoms with E-state index in [1.807, 2.05) is 0 Å². The fourth-order valence-corrected chi connectivity index (χ4v) is 1.56. The van der Waals surface area contributed by atoms with Gasteiger partial charge in [-0.25, -0.2) is 4.98 Å². The minimum absolute atomic E-state index is 0.107. The van der Waals surface area contributed by atoms with Gasteiger partial charge >= 0.3 is 5.69 Å². The van der Waals surface area contributed by atoms with Gasteiger partial charge < -0.3 is 0 Å². The smallest absolute Gasteiger partial charge is 0.273 e. The molecule has 0 spiro atoms. The van der Waals surface area contributed by atoms with Crippen LogP contribution in [0.2, 0.25) is 0 Å². The molecule has 1 aliphatic heterocycles. The van der Waals surface area contributed by atoms with E-state index in [0.29, 0.717) is 19.4 Å². The van der Waals surface area contributed by atoms with Crippen molar-refractivity contribution in [3.63, 3.8) is 0 Å². The number of nitro groups is 1. The summed E-state index contributed by atoms with van der Waals surface area (Å²) < 4.78 is 0. The number of hydrogen-bond acceptors (Lipinski definition) is 5. The van der Waals surface area contributed by atoms with Crippen molar-refractivity contribution in [3.05, 3.63) is 28.4 Å². The van der Waals surface area contributed by atoms with Gasteiger partial charge in [-0.05, 0) is 12.5 Å². The van der Waals surface area contributed by atoms with Crippen molar-refractivity contribution in [2.45, 2.75) is 12.8 Å². The zero-order valence-corrected chi connectivity index (χ0v) is 8.42. The molecule has 1 aliphatic rings. The Kier molecular flexibility index (Phi) is 2.67. The lowest BCUT2D eigenvalue weighted by molar-refractivity contribution is -0.384. The molecular formula is C9H10N4O3. The van der Waals surface area contributed by atoms with Gasteiger partial charge in [0.1, 0.15) is 0 Å². The Morgan fingerprint density at radius 1 is 1.56 bits per heavy atom. The van der Waals surface area contributed by atoms with Crippen molar-refractivity contribution < 1.29 is 9.72 Å². The quantitative estimate of drug-likeness (QED) is 0.585. The van der Waals surface area contributed by atoms with Crippen molar-refractivity contribution >= 4 is 17.4 Å². The fourth-order valence-electron chi connectivity index (χ4n) is 1.56. The van der Waals surface area contributed by atoms with E-state index in [9.17, 15) is 14.9 Å². The molecule has 0 saturated carbocycles. The molecule has 1 N–H and O–H groups in total. The summed E-state index contributed by atoms with van der Waals surface area (Å²) in [4.78, 5) is 25.4. The molecule has 1 aromatic heterocycles. The van der Waals surface area contributed by atoms with Crippen LogP contribution in [-0.4, -0.2) is 22.4 Å². The zero-order valence-electron chi connectivity index (χ0n) is 8.42. The van der Waals surface area contributed by atoms with E-state index < -0.39 is 4.92 Å². The number of rotatable bonds is 2. The number of aromatic nitrogens is 1. The Balaban J connectivity index is 2.32. The van der Waals surface area contributed by atoms with Crippen LogP contribution in [0.4, 0.5) is 11.5 Å². The first kappa shape index (κ1) is 10.3. The predicted octanol–water partition coefficient (Wildman–Crippen LogP) is 0.621. The van der Waals surface area contributed by atoms with Crippen LogP contribution in [0, 0.1) is 10.1 Å². The summed E-state index contributed by atoms with van der Waals surface area (Å²) in [6.45, 7) is 0.531. The molecule has 1 saturated heterocycles. The standard InChI is InChI=1S/C9H10N4O3/c14-8-4-2-6-12(11-8)9-7(13(15)16)3-1-5-10-9/h1,3,5H,2,4,6H2,(H,11,14). The third-order valence-electron chi connectivity index (χ3n) is 2.26. The summed E-state index contributed by atoms with van der Waals surface area (Å²) in [5.41, 5.74) is 2.45. The number of hydrazine groups is 1. The minimum atomic E-state index is -0.511. The molecule has 7 nitrogen and oxygen atoms in total. The van der Waals surface area contributed by atoms with Crippen molar-refractivity contribution in [1.82, 2.24) is 10.4 Å². The van der Waals surface area contributed by atoms with Gasteiger partial charge in [-0.1, -0.05) is 0 Å². The van der Waals surface area contributed by atoms with Crippen LogP contribution in [0.5, 0.6) is 0 Å². The largest absolute Gasteiger partial charge is 0.313 e. The number of nitrogens with one attached hydrogen (secondary N) is 1. The van der Waals surface area contributed by atoms with Crippen LogP contribution in [0.3, 0.4) is 0 Å². The number of anilines is 1. The van der Waals surface area contributed by atoms with E-state index in [4.69, 9.17) is 0 Å². The first-order valence-electron chi connectivity index (χ1n) is 4.85. The second-order valence-corrected chi connectivity index (χ2v) is 3.39. The minimum Gasteiger partial charge on any atom is -0.273 e. The molecule has 2 heterocycles. The van der Waals surface area contributed by atoms with E-state index >= 15 is 0 Å². The van der Waals surface area contributed by atoms with Crippen LogP contribution >= 0.6 is 0 Å². The van der Waals surface area contributed by atoms with Crippen molar-refractivity contribution in [2.75, 3.05) is 11.6 Å². The number of pyridine rings is 1. The molecule has 2 rings (SSSR count). The molecule has 7 heteroatoms. The summed E-state index contributed by atoms with van der Waals surface area (Å²) in [5.74, 6) is 0.0340. The molecule has 1 fully saturated rings. The van der Waals surface area contributed by atoms with Crippen LogP contribution in [0.25, 0.3) is 0 Å². The molecule has 0 aromatic carbocycles. The Hall–Kier alpha value is -2.18. The third kappa shape index (κ3) is 1.92. The highest BCUT2D eigenvalue weighted by Crippen LogP contribution is 2.24. The third-order valence-corrected chi connectivity index (χ3v) is 2.26. The van der Waals surface area contributed by atoms with Crippen LogP contribution in [0.1, 0.15) is 12.8 Å². The number of nitrogens with zero attached hydrogens (tertiary/aromatic N) is 3. The molecule has 0 aliphatic carbocycles. The maximum absolute atomic E-state index is 11.2. The van der Waals surface area contributed by atoms with Crippen molar-refractivity contribution in [1.29, 1.82) is 0 Å². The van der Waals surface area contributed by atoms with E-state index in [1.165, 1.54) is 23.3 Å². The maximum Gasteiger partial charge on any atom is 0.313 e. The maximum atomic E-state index is 11.2. The number of amides is 1. The molecule has 16 heavy (non-hydrogen) atoms. The lowest BCUT2D eigenvalue weighted by Gasteiger charge is -2.27. The number of carbonyl (C=O) groups is 1. The second-order valence-electron chi connectivity index (χ2n) is 3.39. The van der Waals surface area contributed by atoms with Gasteiger partial charge in [-0.2, -0.15) is 0 Å². The second kappa shape index (κ2) is 4.13. The SMILES string of the molecule is O=C1CCCN(c2ncccc2[N+](=O)[O-])N1. The highest BCUT2D eigenvalue weighted by molar-refractivity contribution is 5.79. The van der Waals surface area contributed by atoms with Crippen molar-refractivity contribution in [2.24, 2.45) is 0 Å². The summed E-state index contributed by atoms with van der Waals surface area (Å²) in [5, 5.41) is 12.2. The molecule has 0 atom stereocenters. The topological polar surface area (TPSA) is 88.4 Å². The molecular weight excluding hydrogens is 212 g/mol. The van der Waals surface area contributed by atoms with Crippen LogP contribution in [0.15, 0.2) is 18.3 Å².